The van der Waals surface area contributed by atoms with Crippen molar-refractivity contribution in [1.29, 1.82) is 0 Å². The number of benzene rings is 1. The van der Waals surface area contributed by atoms with Crippen LogP contribution in [-0.2, 0) is 19.1 Å². The van der Waals surface area contributed by atoms with E-state index >= 15 is 0 Å². The molecule has 2 rings (SSSR count). The Balaban J connectivity index is 1.95. The van der Waals surface area contributed by atoms with E-state index in [-0.39, 0.29) is 18.4 Å². The third kappa shape index (κ3) is 6.68. The fourth-order valence-corrected chi connectivity index (χ4v) is 3.12. The largest absolute Gasteiger partial charge is 0.446 e. The Morgan fingerprint density at radius 1 is 1.04 bits per heavy atom. The molecule has 0 heterocycles. The van der Waals surface area contributed by atoms with Gasteiger partial charge in [0.2, 0.25) is 12.0 Å². The maximum Gasteiger partial charge on any atom is 0.326 e. The van der Waals surface area contributed by atoms with E-state index < -0.39 is 24.0 Å². The number of nitrogens with one attached hydrogen (secondary N) is 3. The summed E-state index contributed by atoms with van der Waals surface area (Å²) < 4.78 is 5.27. The lowest BCUT2D eigenvalue weighted by Crippen LogP contribution is -2.43. The molecule has 3 N–H and O–H groups in total. The van der Waals surface area contributed by atoms with E-state index in [1.165, 1.54) is 0 Å². The number of rotatable bonds is 7. The molecule has 1 aromatic rings. The van der Waals surface area contributed by atoms with Gasteiger partial charge in [0, 0.05) is 18.0 Å². The van der Waals surface area contributed by atoms with Crippen molar-refractivity contribution in [2.75, 3.05) is 13.1 Å². The third-order valence-electron chi connectivity index (χ3n) is 4.55. The van der Waals surface area contributed by atoms with E-state index in [0.717, 1.165) is 32.1 Å². The Bertz CT molecular complexity index is 686. The summed E-state index contributed by atoms with van der Waals surface area (Å²) in [6, 6.07) is 7.72. The molecule has 1 aromatic carbocycles. The molecule has 1 aliphatic rings. The van der Waals surface area contributed by atoms with Crippen LogP contribution >= 0.6 is 0 Å². The lowest BCUT2D eigenvalue weighted by atomic mass is 9.89. The quantitative estimate of drug-likeness (QED) is 0.616. The lowest BCUT2D eigenvalue weighted by Gasteiger charge is -2.21. The van der Waals surface area contributed by atoms with Crippen LogP contribution in [0.25, 0.3) is 0 Å². The Hall–Kier alpha value is -2.90. The molecule has 1 atom stereocenters. The Morgan fingerprint density at radius 2 is 1.71 bits per heavy atom. The van der Waals surface area contributed by atoms with E-state index in [9.17, 15) is 19.2 Å². The topological polar surface area (TPSA) is 114 Å². The molecular weight excluding hydrogens is 362 g/mol. The molecule has 0 unspecified atom stereocenters. The molecule has 0 spiro atoms. The second-order valence-corrected chi connectivity index (χ2v) is 6.68. The highest BCUT2D eigenvalue weighted by Crippen LogP contribution is 2.23. The lowest BCUT2D eigenvalue weighted by molar-refractivity contribution is -0.155. The maximum atomic E-state index is 12.4. The normalized spacial score (nSPS) is 15.2. The second kappa shape index (κ2) is 11.1. The summed E-state index contributed by atoms with van der Waals surface area (Å²) in [5.74, 6) is -1.75. The first kappa shape index (κ1) is 21.4. The average Bonchev–Trinajstić information content (AvgIpc) is 2.71. The number of esters is 1. The third-order valence-corrected chi connectivity index (χ3v) is 4.55. The summed E-state index contributed by atoms with van der Waals surface area (Å²) >= 11 is 0. The predicted octanol–water partition coefficient (Wildman–Crippen LogP) is 1.81. The first-order chi connectivity index (χ1) is 13.5. The molecule has 4 amide bonds. The molecule has 1 saturated carbocycles. The molecular formula is C20H27N3O5. The highest BCUT2D eigenvalue weighted by molar-refractivity contribution is 5.98. The number of carbonyl (C=O) groups is 4. The molecule has 0 radical (unpaired) electrons. The summed E-state index contributed by atoms with van der Waals surface area (Å²) in [6.07, 6.45) is 3.51. The number of amides is 4. The number of urea groups is 1. The van der Waals surface area contributed by atoms with Gasteiger partial charge >= 0.3 is 12.0 Å². The van der Waals surface area contributed by atoms with Gasteiger partial charge in [0.25, 0.3) is 5.91 Å². The van der Waals surface area contributed by atoms with Crippen molar-refractivity contribution in [2.24, 2.45) is 5.92 Å². The Morgan fingerprint density at radius 3 is 2.36 bits per heavy atom. The van der Waals surface area contributed by atoms with Crippen LogP contribution in [0.4, 0.5) is 4.79 Å². The molecule has 1 aliphatic carbocycles. The zero-order valence-electron chi connectivity index (χ0n) is 16.0. The summed E-state index contributed by atoms with van der Waals surface area (Å²) in [5.41, 5.74) is 0.427. The fourth-order valence-electron chi connectivity index (χ4n) is 3.12. The van der Waals surface area contributed by atoms with Gasteiger partial charge in [0.05, 0.1) is 0 Å². The van der Waals surface area contributed by atoms with Gasteiger partial charge in [-0.25, -0.2) is 4.79 Å². The van der Waals surface area contributed by atoms with Gasteiger partial charge in [-0.05, 0) is 19.8 Å². The molecule has 0 aliphatic heterocycles. The molecule has 152 valence electrons. The van der Waals surface area contributed by atoms with Crippen LogP contribution in [0.1, 0.15) is 50.7 Å². The zero-order valence-corrected chi connectivity index (χ0v) is 16.0. The highest BCUT2D eigenvalue weighted by Gasteiger charge is 2.27. The molecule has 8 nitrogen and oxygen atoms in total. The van der Waals surface area contributed by atoms with Crippen LogP contribution in [0.5, 0.6) is 0 Å². The summed E-state index contributed by atoms with van der Waals surface area (Å²) in [6.45, 7) is 1.74. The highest BCUT2D eigenvalue weighted by atomic mass is 16.5. The minimum absolute atomic E-state index is 0.0764. The summed E-state index contributed by atoms with van der Waals surface area (Å²) in [7, 11) is 0. The molecule has 1 fully saturated rings. The van der Waals surface area contributed by atoms with E-state index in [0.29, 0.717) is 12.1 Å². The van der Waals surface area contributed by atoms with Crippen LogP contribution < -0.4 is 16.0 Å². The van der Waals surface area contributed by atoms with Gasteiger partial charge in [-0.1, -0.05) is 49.6 Å². The first-order valence-corrected chi connectivity index (χ1v) is 9.62. The van der Waals surface area contributed by atoms with Gasteiger partial charge in [-0.2, -0.15) is 0 Å². The number of carbonyl (C=O) groups excluding carboxylic acids is 4. The average molecular weight is 389 g/mol. The number of ether oxygens (including phenoxy) is 1. The first-order valence-electron chi connectivity index (χ1n) is 9.62. The monoisotopic (exact) mass is 389 g/mol. The minimum atomic E-state index is -1.29. The zero-order chi connectivity index (χ0) is 20.4. The second-order valence-electron chi connectivity index (χ2n) is 6.68. The van der Waals surface area contributed by atoms with Crippen molar-refractivity contribution in [3.8, 4) is 0 Å². The molecule has 8 heteroatoms. The van der Waals surface area contributed by atoms with Crippen molar-refractivity contribution in [3.05, 3.63) is 35.9 Å². The van der Waals surface area contributed by atoms with Crippen molar-refractivity contribution in [1.82, 2.24) is 16.0 Å². The minimum Gasteiger partial charge on any atom is -0.446 e. The maximum absolute atomic E-state index is 12.4. The van der Waals surface area contributed by atoms with E-state index in [1.807, 2.05) is 0 Å². The number of imide groups is 1. The SMILES string of the molecule is CCNC(=O)NC(=O)[C@H](OC(=O)CNC(=O)C1CCCCC1)c1ccccc1. The van der Waals surface area contributed by atoms with E-state index in [1.54, 1.807) is 37.3 Å². The van der Waals surface area contributed by atoms with Crippen LogP contribution in [0.3, 0.4) is 0 Å². The van der Waals surface area contributed by atoms with Crippen LogP contribution in [-0.4, -0.2) is 36.9 Å². The van der Waals surface area contributed by atoms with Crippen LogP contribution in [0.2, 0.25) is 0 Å². The Kier molecular flexibility index (Phi) is 8.45. The smallest absolute Gasteiger partial charge is 0.326 e. The van der Waals surface area contributed by atoms with Crippen molar-refractivity contribution >= 4 is 23.8 Å². The van der Waals surface area contributed by atoms with Gasteiger partial charge in [0.1, 0.15) is 6.54 Å². The molecule has 0 bridgehead atoms. The van der Waals surface area contributed by atoms with Crippen molar-refractivity contribution in [3.63, 3.8) is 0 Å². The molecule has 0 saturated heterocycles. The van der Waals surface area contributed by atoms with E-state index in [4.69, 9.17) is 4.74 Å². The van der Waals surface area contributed by atoms with Gasteiger partial charge in [-0.15, -0.1) is 0 Å². The van der Waals surface area contributed by atoms with Gasteiger partial charge < -0.3 is 15.4 Å². The van der Waals surface area contributed by atoms with Gasteiger partial charge in [-0.3, -0.25) is 19.7 Å². The number of hydrogen-bond acceptors (Lipinski definition) is 5. The summed E-state index contributed by atoms with van der Waals surface area (Å²) in [5, 5.41) is 7.18. The predicted molar refractivity (Wildman–Crippen MR) is 102 cm³/mol. The molecule has 0 aromatic heterocycles. The van der Waals surface area contributed by atoms with Crippen molar-refractivity contribution < 1.29 is 23.9 Å². The fraction of sp³-hybridized carbons (Fsp3) is 0.500. The van der Waals surface area contributed by atoms with Crippen LogP contribution in [0, 0.1) is 5.92 Å². The summed E-state index contributed by atoms with van der Waals surface area (Å²) in [4.78, 5) is 48.4. The van der Waals surface area contributed by atoms with E-state index in [2.05, 4.69) is 16.0 Å². The van der Waals surface area contributed by atoms with Crippen LogP contribution in [0.15, 0.2) is 30.3 Å². The number of hydrogen-bond donors (Lipinski definition) is 3. The van der Waals surface area contributed by atoms with Gasteiger partial charge in [0.15, 0.2) is 0 Å². The van der Waals surface area contributed by atoms with Crippen molar-refractivity contribution in [2.45, 2.75) is 45.1 Å². The standard InChI is InChI=1S/C20H27N3O5/c1-2-21-20(27)23-19(26)17(14-9-5-3-6-10-14)28-16(24)13-22-18(25)15-11-7-4-8-12-15/h3,5-6,9-10,15,17H,2,4,7-8,11-13H2,1H3,(H,22,25)(H2,21,23,26,27)/t17-/m1/s1. The molecule has 28 heavy (non-hydrogen) atoms. The Labute approximate surface area is 164 Å².